The van der Waals surface area contributed by atoms with E-state index >= 15 is 0 Å². The predicted molar refractivity (Wildman–Crippen MR) is 152 cm³/mol. The summed E-state index contributed by atoms with van der Waals surface area (Å²) >= 11 is 0. The first kappa shape index (κ1) is 21.3. The van der Waals surface area contributed by atoms with Crippen molar-refractivity contribution in [2.24, 2.45) is 0 Å². The molecule has 0 aliphatic heterocycles. The average molecular weight is 487 g/mol. The van der Waals surface area contributed by atoms with Gasteiger partial charge < -0.3 is 0 Å². The van der Waals surface area contributed by atoms with Crippen molar-refractivity contribution in [3.63, 3.8) is 0 Å². The van der Waals surface area contributed by atoms with Crippen molar-refractivity contribution in [2.75, 3.05) is 0 Å². The lowest BCUT2D eigenvalue weighted by Gasteiger charge is -2.21. The van der Waals surface area contributed by atoms with Crippen LogP contribution in [0.4, 0.5) is 0 Å². The standard InChI is InChI=1S/C36H22O2/c37-35-31-8-4-3-7-26(31)16-27-12-11-25(19-32(27)35)23-9-10-24-15-30-17-29-14-21-5-1-2-6-22(21)18-33(29)36(38)34(30)20-28(24)13-23/h1-15,18-20H,16-17H2. The summed E-state index contributed by atoms with van der Waals surface area (Å²) in [4.78, 5) is 26.9. The van der Waals surface area contributed by atoms with Gasteiger partial charge in [0, 0.05) is 22.3 Å². The van der Waals surface area contributed by atoms with Crippen molar-refractivity contribution in [3.8, 4) is 11.1 Å². The minimum atomic E-state index is 0.0929. The molecular weight excluding hydrogens is 464 g/mol. The highest BCUT2D eigenvalue weighted by atomic mass is 16.1. The summed E-state index contributed by atoms with van der Waals surface area (Å²) in [5, 5.41) is 4.41. The number of carbonyl (C=O) groups excluding carboxylic acids is 2. The molecule has 0 spiro atoms. The van der Waals surface area contributed by atoms with Crippen LogP contribution in [0.2, 0.25) is 0 Å². The third kappa shape index (κ3) is 3.13. The number of carbonyl (C=O) groups is 2. The van der Waals surface area contributed by atoms with Crippen LogP contribution < -0.4 is 0 Å². The van der Waals surface area contributed by atoms with Crippen molar-refractivity contribution in [2.45, 2.75) is 12.8 Å². The molecule has 0 saturated carbocycles. The molecule has 178 valence electrons. The Labute approximate surface area is 220 Å². The molecular formula is C36H22O2. The SMILES string of the molecule is O=C1c2ccccc2Cc2ccc(-c3ccc4cc5c(cc4c3)C(=O)c3cc4ccccc4cc3C5)cc21. The van der Waals surface area contributed by atoms with Gasteiger partial charge in [0.25, 0.3) is 0 Å². The zero-order valence-corrected chi connectivity index (χ0v) is 20.6. The Morgan fingerprint density at radius 1 is 0.368 bits per heavy atom. The number of hydrogen-bond donors (Lipinski definition) is 0. The van der Waals surface area contributed by atoms with Crippen molar-refractivity contribution in [1.29, 1.82) is 0 Å². The molecule has 0 radical (unpaired) electrons. The van der Waals surface area contributed by atoms with Crippen LogP contribution in [-0.2, 0) is 12.8 Å². The Morgan fingerprint density at radius 2 is 0.895 bits per heavy atom. The zero-order chi connectivity index (χ0) is 25.4. The summed E-state index contributed by atoms with van der Waals surface area (Å²) in [6.45, 7) is 0. The molecule has 8 rings (SSSR count). The first-order chi connectivity index (χ1) is 18.6. The molecule has 2 heteroatoms. The molecule has 0 aromatic heterocycles. The van der Waals surface area contributed by atoms with Gasteiger partial charge in [0.15, 0.2) is 11.6 Å². The monoisotopic (exact) mass is 486 g/mol. The van der Waals surface area contributed by atoms with Crippen LogP contribution in [0, 0.1) is 0 Å². The lowest BCUT2D eigenvalue weighted by atomic mass is 9.82. The van der Waals surface area contributed by atoms with Gasteiger partial charge in [-0.2, -0.15) is 0 Å². The van der Waals surface area contributed by atoms with E-state index in [1.807, 2.05) is 48.5 Å². The van der Waals surface area contributed by atoms with Crippen molar-refractivity contribution in [1.82, 2.24) is 0 Å². The van der Waals surface area contributed by atoms with Gasteiger partial charge in [0.1, 0.15) is 0 Å². The van der Waals surface area contributed by atoms with E-state index in [-0.39, 0.29) is 11.6 Å². The Kier molecular flexibility index (Phi) is 4.39. The first-order valence-electron chi connectivity index (χ1n) is 13.0. The fourth-order valence-corrected chi connectivity index (χ4v) is 6.25. The maximum Gasteiger partial charge on any atom is 0.193 e. The van der Waals surface area contributed by atoms with Crippen LogP contribution in [0.5, 0.6) is 0 Å². The van der Waals surface area contributed by atoms with Crippen LogP contribution in [-0.4, -0.2) is 11.6 Å². The summed E-state index contributed by atoms with van der Waals surface area (Å²) in [5.41, 5.74) is 9.57. The average Bonchev–Trinajstić information content (AvgIpc) is 2.95. The van der Waals surface area contributed by atoms with E-state index in [1.54, 1.807) is 0 Å². The summed E-state index contributed by atoms with van der Waals surface area (Å²) < 4.78 is 0. The van der Waals surface area contributed by atoms with E-state index in [9.17, 15) is 9.59 Å². The maximum absolute atomic E-state index is 13.6. The molecule has 0 amide bonds. The predicted octanol–water partition coefficient (Wildman–Crippen LogP) is 7.93. The molecule has 2 aliphatic rings. The van der Waals surface area contributed by atoms with Gasteiger partial charge in [0.2, 0.25) is 0 Å². The molecule has 2 nitrogen and oxygen atoms in total. The number of benzene rings is 6. The smallest absolute Gasteiger partial charge is 0.193 e. The third-order valence-corrected chi connectivity index (χ3v) is 8.23. The van der Waals surface area contributed by atoms with Crippen LogP contribution in [0.3, 0.4) is 0 Å². The fourth-order valence-electron chi connectivity index (χ4n) is 6.25. The molecule has 0 fully saturated rings. The van der Waals surface area contributed by atoms with E-state index < -0.39 is 0 Å². The maximum atomic E-state index is 13.6. The number of hydrogen-bond acceptors (Lipinski definition) is 2. The van der Waals surface area contributed by atoms with Gasteiger partial charge in [-0.25, -0.2) is 0 Å². The largest absolute Gasteiger partial charge is 0.289 e. The second-order valence-electron chi connectivity index (χ2n) is 10.5. The minimum Gasteiger partial charge on any atom is -0.289 e. The van der Waals surface area contributed by atoms with Gasteiger partial charge in [-0.05, 0) is 92.0 Å². The third-order valence-electron chi connectivity index (χ3n) is 8.23. The number of ketones is 2. The van der Waals surface area contributed by atoms with Gasteiger partial charge >= 0.3 is 0 Å². The number of rotatable bonds is 1. The highest BCUT2D eigenvalue weighted by Gasteiger charge is 2.25. The highest BCUT2D eigenvalue weighted by Crippen LogP contribution is 2.36. The molecule has 6 aromatic carbocycles. The van der Waals surface area contributed by atoms with Crippen LogP contribution in [0.15, 0.2) is 109 Å². The summed E-state index contributed by atoms with van der Waals surface area (Å²) in [6.07, 6.45) is 1.54. The lowest BCUT2D eigenvalue weighted by Crippen LogP contribution is -2.15. The lowest BCUT2D eigenvalue weighted by molar-refractivity contribution is 0.102. The Balaban J connectivity index is 1.21. The second-order valence-corrected chi connectivity index (χ2v) is 10.5. The molecule has 0 N–H and O–H groups in total. The second kappa shape index (κ2) is 7.84. The van der Waals surface area contributed by atoms with Crippen molar-refractivity contribution in [3.05, 3.63) is 154 Å². The summed E-state index contributed by atoms with van der Waals surface area (Å²) in [6, 6.07) is 37.1. The zero-order valence-electron chi connectivity index (χ0n) is 20.6. The Bertz CT molecular complexity index is 2010. The van der Waals surface area contributed by atoms with Gasteiger partial charge in [0.05, 0.1) is 0 Å². The molecule has 2 aliphatic carbocycles. The molecule has 38 heavy (non-hydrogen) atoms. The van der Waals surface area contributed by atoms with Crippen molar-refractivity contribution < 1.29 is 9.59 Å². The first-order valence-corrected chi connectivity index (χ1v) is 13.0. The highest BCUT2D eigenvalue weighted by molar-refractivity contribution is 6.16. The quantitative estimate of drug-likeness (QED) is 0.236. The molecule has 0 bridgehead atoms. The number of fused-ring (bicyclic) bond motifs is 6. The van der Waals surface area contributed by atoms with Gasteiger partial charge in [-0.3, -0.25) is 9.59 Å². The molecule has 0 unspecified atom stereocenters. The van der Waals surface area contributed by atoms with Crippen molar-refractivity contribution >= 4 is 33.1 Å². The topological polar surface area (TPSA) is 34.1 Å². The van der Waals surface area contributed by atoms with E-state index in [2.05, 4.69) is 60.7 Å². The summed E-state index contributed by atoms with van der Waals surface area (Å²) in [7, 11) is 0. The molecule has 0 atom stereocenters. The Hall–Kier alpha value is -4.82. The molecule has 0 heterocycles. The van der Waals surface area contributed by atoms with E-state index in [4.69, 9.17) is 0 Å². The minimum absolute atomic E-state index is 0.0929. The van der Waals surface area contributed by atoms with Gasteiger partial charge in [-0.1, -0.05) is 84.9 Å². The summed E-state index contributed by atoms with van der Waals surface area (Å²) in [5.74, 6) is 0.188. The van der Waals surface area contributed by atoms with Gasteiger partial charge in [-0.15, -0.1) is 0 Å². The van der Waals surface area contributed by atoms with Crippen LogP contribution >= 0.6 is 0 Å². The molecule has 6 aromatic rings. The van der Waals surface area contributed by atoms with E-state index in [0.29, 0.717) is 0 Å². The van der Waals surface area contributed by atoms with Crippen LogP contribution in [0.25, 0.3) is 32.7 Å². The Morgan fingerprint density at radius 3 is 1.71 bits per heavy atom. The van der Waals surface area contributed by atoms with E-state index in [1.165, 1.54) is 5.39 Å². The van der Waals surface area contributed by atoms with E-state index in [0.717, 1.165) is 84.6 Å². The fraction of sp³-hybridized carbons (Fsp3) is 0.0556. The normalized spacial score (nSPS) is 13.7. The molecule has 0 saturated heterocycles. The van der Waals surface area contributed by atoms with Crippen LogP contribution in [0.1, 0.15) is 54.1 Å².